The first-order valence-electron chi connectivity index (χ1n) is 10.2. The molecule has 1 heterocycles. The molecule has 166 valence electrons. The number of ether oxygens (including phenoxy) is 2. The number of hydrogen-bond acceptors (Lipinski definition) is 7. The van der Waals surface area contributed by atoms with Crippen LogP contribution < -0.4 is 5.32 Å². The monoisotopic (exact) mass is 436 g/mol. The minimum atomic E-state index is -0.603. The Kier molecular flexibility index (Phi) is 7.38. The summed E-state index contributed by atoms with van der Waals surface area (Å²) in [6, 6.07) is 13.6. The normalized spacial score (nSPS) is 10.5. The van der Waals surface area contributed by atoms with Crippen LogP contribution in [0.4, 0.5) is 5.69 Å². The van der Waals surface area contributed by atoms with Crippen LogP contribution in [0.3, 0.4) is 0 Å². The Bertz CT molecular complexity index is 1080. The molecule has 0 spiro atoms. The Morgan fingerprint density at radius 1 is 0.938 bits per heavy atom. The molecule has 2 aromatic carbocycles. The fourth-order valence-electron chi connectivity index (χ4n) is 3.02. The lowest BCUT2D eigenvalue weighted by Crippen LogP contribution is -2.17. The van der Waals surface area contributed by atoms with Crippen LogP contribution >= 0.6 is 0 Å². The highest BCUT2D eigenvalue weighted by Crippen LogP contribution is 2.22. The number of nitrogens with one attached hydrogen (secondary N) is 1. The summed E-state index contributed by atoms with van der Waals surface area (Å²) in [6.45, 7) is 5.46. The van der Waals surface area contributed by atoms with Crippen LogP contribution in [0, 0.1) is 6.92 Å². The summed E-state index contributed by atoms with van der Waals surface area (Å²) in [4.78, 5) is 41.5. The average molecular weight is 436 g/mol. The van der Waals surface area contributed by atoms with Gasteiger partial charge in [-0.25, -0.2) is 14.6 Å². The van der Waals surface area contributed by atoms with Gasteiger partial charge in [-0.1, -0.05) is 18.2 Å². The molecule has 32 heavy (non-hydrogen) atoms. The van der Waals surface area contributed by atoms with Gasteiger partial charge in [-0.3, -0.25) is 4.79 Å². The van der Waals surface area contributed by atoms with Gasteiger partial charge < -0.3 is 19.2 Å². The van der Waals surface area contributed by atoms with E-state index in [1.165, 1.54) is 18.2 Å². The molecule has 0 fully saturated rings. The van der Waals surface area contributed by atoms with E-state index >= 15 is 0 Å². The maximum Gasteiger partial charge on any atom is 0.338 e. The van der Waals surface area contributed by atoms with Gasteiger partial charge in [-0.2, -0.15) is 0 Å². The number of benzene rings is 2. The molecule has 0 unspecified atom stereocenters. The van der Waals surface area contributed by atoms with E-state index in [1.54, 1.807) is 20.8 Å². The molecule has 0 radical (unpaired) electrons. The number of aryl methyl sites for hydroxylation is 1. The fourth-order valence-corrected chi connectivity index (χ4v) is 3.02. The lowest BCUT2D eigenvalue weighted by molar-refractivity contribution is -0.115. The van der Waals surface area contributed by atoms with Crippen molar-refractivity contribution in [1.29, 1.82) is 0 Å². The number of carbonyl (C=O) groups excluding carboxylic acids is 3. The summed E-state index contributed by atoms with van der Waals surface area (Å²) < 4.78 is 15.7. The first kappa shape index (κ1) is 22.7. The van der Waals surface area contributed by atoms with E-state index in [4.69, 9.17) is 13.9 Å². The number of oxazole rings is 1. The van der Waals surface area contributed by atoms with Crippen molar-refractivity contribution >= 4 is 23.5 Å². The molecular formula is C24H24N2O6. The van der Waals surface area contributed by atoms with Crippen LogP contribution in [0.1, 0.15) is 46.0 Å². The second-order valence-corrected chi connectivity index (χ2v) is 6.85. The van der Waals surface area contributed by atoms with E-state index in [0.717, 1.165) is 5.56 Å². The Morgan fingerprint density at radius 3 is 2.09 bits per heavy atom. The number of esters is 2. The number of carbonyl (C=O) groups is 3. The zero-order valence-corrected chi connectivity index (χ0v) is 18.1. The Morgan fingerprint density at radius 2 is 1.53 bits per heavy atom. The summed E-state index contributed by atoms with van der Waals surface area (Å²) in [5.41, 5.74) is 1.85. The molecule has 0 bridgehead atoms. The first-order valence-corrected chi connectivity index (χ1v) is 10.2. The largest absolute Gasteiger partial charge is 0.462 e. The Labute approximate surface area is 185 Å². The fraction of sp³-hybridized carbons (Fsp3) is 0.250. The van der Waals surface area contributed by atoms with Crippen molar-refractivity contribution < 1.29 is 28.3 Å². The van der Waals surface area contributed by atoms with Crippen LogP contribution in [-0.2, 0) is 20.7 Å². The lowest BCUT2D eigenvalue weighted by Gasteiger charge is -2.10. The van der Waals surface area contributed by atoms with Gasteiger partial charge in [0.1, 0.15) is 5.76 Å². The van der Waals surface area contributed by atoms with Gasteiger partial charge in [0.05, 0.1) is 36.5 Å². The smallest absolute Gasteiger partial charge is 0.338 e. The summed E-state index contributed by atoms with van der Waals surface area (Å²) in [7, 11) is 0. The van der Waals surface area contributed by atoms with Crippen LogP contribution in [0.25, 0.3) is 11.5 Å². The highest BCUT2D eigenvalue weighted by Gasteiger charge is 2.18. The molecule has 3 aromatic rings. The van der Waals surface area contributed by atoms with Crippen LogP contribution in [-0.4, -0.2) is 36.0 Å². The second-order valence-electron chi connectivity index (χ2n) is 6.85. The van der Waals surface area contributed by atoms with Crippen molar-refractivity contribution in [2.75, 3.05) is 18.5 Å². The summed E-state index contributed by atoms with van der Waals surface area (Å²) in [5, 5.41) is 2.71. The van der Waals surface area contributed by atoms with Crippen LogP contribution in [0.2, 0.25) is 0 Å². The third-order valence-electron chi connectivity index (χ3n) is 4.48. The molecule has 0 saturated heterocycles. The van der Waals surface area contributed by atoms with Gasteiger partial charge in [-0.15, -0.1) is 0 Å². The molecule has 8 nitrogen and oxygen atoms in total. The van der Waals surface area contributed by atoms with E-state index in [9.17, 15) is 14.4 Å². The highest BCUT2D eigenvalue weighted by molar-refractivity contribution is 5.99. The molecule has 0 aliphatic heterocycles. The average Bonchev–Trinajstić information content (AvgIpc) is 3.14. The number of nitrogens with zero attached hydrogens (tertiary/aromatic N) is 1. The number of aromatic nitrogens is 1. The van der Waals surface area contributed by atoms with Crippen molar-refractivity contribution in [3.8, 4) is 11.5 Å². The molecule has 1 amide bonds. The molecular weight excluding hydrogens is 412 g/mol. The minimum absolute atomic E-state index is 0.0411. The molecule has 3 rings (SSSR count). The van der Waals surface area contributed by atoms with E-state index in [1.807, 2.05) is 30.3 Å². The van der Waals surface area contributed by atoms with Gasteiger partial charge in [0, 0.05) is 11.3 Å². The summed E-state index contributed by atoms with van der Waals surface area (Å²) in [5.74, 6) is -0.619. The molecule has 0 saturated carbocycles. The van der Waals surface area contributed by atoms with Crippen LogP contribution in [0.5, 0.6) is 0 Å². The molecule has 8 heteroatoms. The van der Waals surface area contributed by atoms with Crippen molar-refractivity contribution in [2.24, 2.45) is 0 Å². The quantitative estimate of drug-likeness (QED) is 0.528. The maximum absolute atomic E-state index is 12.7. The summed E-state index contributed by atoms with van der Waals surface area (Å²) >= 11 is 0. The van der Waals surface area contributed by atoms with Crippen molar-refractivity contribution in [3.63, 3.8) is 0 Å². The zero-order chi connectivity index (χ0) is 23.1. The molecule has 1 N–H and O–H groups in total. The molecule has 0 atom stereocenters. The van der Waals surface area contributed by atoms with E-state index < -0.39 is 11.9 Å². The van der Waals surface area contributed by atoms with Gasteiger partial charge in [0.25, 0.3) is 0 Å². The predicted molar refractivity (Wildman–Crippen MR) is 117 cm³/mol. The van der Waals surface area contributed by atoms with E-state index in [2.05, 4.69) is 10.3 Å². The van der Waals surface area contributed by atoms with Crippen molar-refractivity contribution in [3.05, 3.63) is 71.1 Å². The van der Waals surface area contributed by atoms with Gasteiger partial charge in [0.15, 0.2) is 0 Å². The maximum atomic E-state index is 12.7. The van der Waals surface area contributed by atoms with E-state index in [0.29, 0.717) is 17.3 Å². The van der Waals surface area contributed by atoms with Crippen molar-refractivity contribution in [1.82, 2.24) is 4.98 Å². The van der Waals surface area contributed by atoms with Gasteiger partial charge in [-0.05, 0) is 51.1 Å². The van der Waals surface area contributed by atoms with Gasteiger partial charge in [0.2, 0.25) is 11.8 Å². The van der Waals surface area contributed by atoms with E-state index in [-0.39, 0.29) is 42.4 Å². The Hall–Kier alpha value is -3.94. The van der Waals surface area contributed by atoms with Gasteiger partial charge >= 0.3 is 11.9 Å². The Balaban J connectivity index is 1.80. The number of rotatable bonds is 8. The minimum Gasteiger partial charge on any atom is -0.462 e. The molecule has 1 aromatic heterocycles. The number of anilines is 1. The van der Waals surface area contributed by atoms with Crippen LogP contribution in [0.15, 0.2) is 52.9 Å². The zero-order valence-electron chi connectivity index (χ0n) is 18.1. The third kappa shape index (κ3) is 5.60. The standard InChI is InChI=1S/C24H24N2O6/c1-4-30-23(28)17-11-18(24(29)31-5-2)13-19(12-17)25-21(27)14-20-15(3)32-22(26-20)16-9-7-6-8-10-16/h6-13H,4-5,14H2,1-3H3,(H,25,27). The topological polar surface area (TPSA) is 108 Å². The second kappa shape index (κ2) is 10.4. The third-order valence-corrected chi connectivity index (χ3v) is 4.48. The lowest BCUT2D eigenvalue weighted by atomic mass is 10.1. The first-order chi connectivity index (χ1) is 15.4. The molecule has 0 aliphatic carbocycles. The highest BCUT2D eigenvalue weighted by atomic mass is 16.5. The number of hydrogen-bond donors (Lipinski definition) is 1. The molecule has 0 aliphatic rings. The van der Waals surface area contributed by atoms with Crippen molar-refractivity contribution in [2.45, 2.75) is 27.2 Å². The predicted octanol–water partition coefficient (Wildman–Crippen LogP) is 4.18. The number of amides is 1. The summed E-state index contributed by atoms with van der Waals surface area (Å²) in [6.07, 6.45) is -0.0411. The SMILES string of the molecule is CCOC(=O)c1cc(NC(=O)Cc2nc(-c3ccccc3)oc2C)cc(C(=O)OCC)c1.